The zero-order chi connectivity index (χ0) is 18.0. The molecule has 0 atom stereocenters. The van der Waals surface area contributed by atoms with Gasteiger partial charge in [0.15, 0.2) is 0 Å². The molecule has 0 spiro atoms. The molecular formula is C18H23N3O3S. The number of nitrogens with zero attached hydrogens (tertiary/aromatic N) is 2. The van der Waals surface area contributed by atoms with Gasteiger partial charge in [-0.05, 0) is 68.4 Å². The highest BCUT2D eigenvalue weighted by Crippen LogP contribution is 2.17. The van der Waals surface area contributed by atoms with Crippen LogP contribution in [0.2, 0.25) is 0 Å². The van der Waals surface area contributed by atoms with Crippen LogP contribution in [-0.2, 0) is 29.4 Å². The van der Waals surface area contributed by atoms with Crippen molar-refractivity contribution in [2.24, 2.45) is 0 Å². The van der Waals surface area contributed by atoms with Crippen LogP contribution in [0.5, 0.6) is 0 Å². The zero-order valence-electron chi connectivity index (χ0n) is 14.6. The van der Waals surface area contributed by atoms with Gasteiger partial charge in [0.05, 0.1) is 17.1 Å². The normalized spacial score (nSPS) is 14.3. The zero-order valence-corrected chi connectivity index (χ0v) is 15.4. The molecule has 1 aliphatic carbocycles. The second-order valence-corrected chi connectivity index (χ2v) is 8.30. The average molecular weight is 361 g/mol. The summed E-state index contributed by atoms with van der Waals surface area (Å²) in [6.45, 7) is 4.16. The molecule has 2 aromatic rings. The Morgan fingerprint density at radius 2 is 1.88 bits per heavy atom. The predicted molar refractivity (Wildman–Crippen MR) is 96.2 cm³/mol. The average Bonchev–Trinajstić information content (AvgIpc) is 2.57. The van der Waals surface area contributed by atoms with Crippen molar-refractivity contribution < 1.29 is 8.42 Å². The van der Waals surface area contributed by atoms with E-state index in [1.54, 1.807) is 24.3 Å². The fraction of sp³-hybridized carbons (Fsp3) is 0.444. The third-order valence-electron chi connectivity index (χ3n) is 4.68. The maximum Gasteiger partial charge on any atom is 0.267 e. The largest absolute Gasteiger partial charge is 0.268 e. The molecular weight excluding hydrogens is 338 g/mol. The lowest BCUT2D eigenvalue weighted by atomic mass is 9.97. The molecule has 3 rings (SSSR count). The number of fused-ring (bicyclic) bond motifs is 1. The Bertz CT molecular complexity index is 949. The maximum absolute atomic E-state index is 12.4. The standard InChI is InChI=1S/C18H23N3O3S/c1-13-7-8-16(11-14(13)2)25(23,24)19-9-10-21-18(22)12-15-5-3-4-6-17(15)20-21/h7-8,11-12,19H,3-6,9-10H2,1-2H3. The van der Waals surface area contributed by atoms with Crippen LogP contribution in [0.1, 0.15) is 35.2 Å². The van der Waals surface area contributed by atoms with E-state index in [-0.39, 0.29) is 23.5 Å². The molecule has 0 bridgehead atoms. The highest BCUT2D eigenvalue weighted by molar-refractivity contribution is 7.89. The Hall–Kier alpha value is -1.99. The van der Waals surface area contributed by atoms with Crippen molar-refractivity contribution in [1.82, 2.24) is 14.5 Å². The van der Waals surface area contributed by atoms with Gasteiger partial charge >= 0.3 is 0 Å². The van der Waals surface area contributed by atoms with Gasteiger partial charge < -0.3 is 0 Å². The number of hydrogen-bond donors (Lipinski definition) is 1. The van der Waals surface area contributed by atoms with Crippen molar-refractivity contribution in [2.75, 3.05) is 6.54 Å². The maximum atomic E-state index is 12.4. The molecule has 0 amide bonds. The van der Waals surface area contributed by atoms with Crippen molar-refractivity contribution in [2.45, 2.75) is 51.0 Å². The first-order valence-electron chi connectivity index (χ1n) is 8.54. The molecule has 1 aliphatic rings. The van der Waals surface area contributed by atoms with Gasteiger partial charge in [-0.3, -0.25) is 4.79 Å². The first kappa shape index (κ1) is 17.8. The molecule has 7 heteroatoms. The Balaban J connectivity index is 1.70. The number of sulfonamides is 1. The van der Waals surface area contributed by atoms with Gasteiger partial charge in [-0.1, -0.05) is 6.07 Å². The van der Waals surface area contributed by atoms with Crippen LogP contribution < -0.4 is 10.3 Å². The number of hydrogen-bond acceptors (Lipinski definition) is 4. The lowest BCUT2D eigenvalue weighted by molar-refractivity contribution is 0.526. The summed E-state index contributed by atoms with van der Waals surface area (Å²) < 4.78 is 28.7. The number of rotatable bonds is 5. The number of aryl methyl sites for hydroxylation is 4. The Morgan fingerprint density at radius 1 is 1.12 bits per heavy atom. The van der Waals surface area contributed by atoms with Gasteiger partial charge in [0, 0.05) is 12.6 Å². The van der Waals surface area contributed by atoms with Gasteiger partial charge in [0.2, 0.25) is 10.0 Å². The summed E-state index contributed by atoms with van der Waals surface area (Å²) in [6, 6.07) is 6.67. The number of aromatic nitrogens is 2. The van der Waals surface area contributed by atoms with Crippen molar-refractivity contribution in [3.8, 4) is 0 Å². The highest BCUT2D eigenvalue weighted by Gasteiger charge is 2.16. The van der Waals surface area contributed by atoms with E-state index in [2.05, 4.69) is 9.82 Å². The number of benzene rings is 1. The molecule has 0 saturated heterocycles. The molecule has 25 heavy (non-hydrogen) atoms. The minimum Gasteiger partial charge on any atom is -0.268 e. The van der Waals surface area contributed by atoms with E-state index in [1.807, 2.05) is 13.8 Å². The third-order valence-corrected chi connectivity index (χ3v) is 6.14. The van der Waals surface area contributed by atoms with Crippen LogP contribution in [0.3, 0.4) is 0 Å². The molecule has 1 aromatic heterocycles. The summed E-state index contributed by atoms with van der Waals surface area (Å²) in [6.07, 6.45) is 3.95. The van der Waals surface area contributed by atoms with E-state index in [1.165, 1.54) is 4.68 Å². The van der Waals surface area contributed by atoms with E-state index >= 15 is 0 Å². The van der Waals surface area contributed by atoms with Gasteiger partial charge in [-0.15, -0.1) is 0 Å². The lowest BCUT2D eigenvalue weighted by Crippen LogP contribution is -2.33. The van der Waals surface area contributed by atoms with Crippen molar-refractivity contribution in [3.63, 3.8) is 0 Å². The molecule has 1 N–H and O–H groups in total. The molecule has 6 nitrogen and oxygen atoms in total. The molecule has 1 heterocycles. The Morgan fingerprint density at radius 3 is 2.64 bits per heavy atom. The van der Waals surface area contributed by atoms with Crippen molar-refractivity contribution in [1.29, 1.82) is 0 Å². The topological polar surface area (TPSA) is 81.1 Å². The van der Waals surface area contributed by atoms with Gasteiger partial charge in [-0.2, -0.15) is 5.10 Å². The van der Waals surface area contributed by atoms with Gasteiger partial charge in [0.25, 0.3) is 5.56 Å². The van der Waals surface area contributed by atoms with E-state index < -0.39 is 10.0 Å². The number of nitrogens with one attached hydrogen (secondary N) is 1. The Labute approximate surface area is 147 Å². The van der Waals surface area contributed by atoms with Crippen molar-refractivity contribution in [3.05, 3.63) is 57.0 Å². The molecule has 134 valence electrons. The first-order valence-corrected chi connectivity index (χ1v) is 10.0. The molecule has 0 radical (unpaired) electrons. The quantitative estimate of drug-likeness (QED) is 0.879. The molecule has 0 fully saturated rings. The van der Waals surface area contributed by atoms with E-state index in [0.717, 1.165) is 48.1 Å². The SMILES string of the molecule is Cc1ccc(S(=O)(=O)NCCn2nc3c(cc2=O)CCCC3)cc1C. The summed E-state index contributed by atoms with van der Waals surface area (Å²) in [4.78, 5) is 12.4. The summed E-state index contributed by atoms with van der Waals surface area (Å²) in [5.74, 6) is 0. The monoisotopic (exact) mass is 361 g/mol. The van der Waals surface area contributed by atoms with Gasteiger partial charge in [-0.25, -0.2) is 17.8 Å². The van der Waals surface area contributed by atoms with Crippen LogP contribution in [0.25, 0.3) is 0 Å². The lowest BCUT2D eigenvalue weighted by Gasteiger charge is -2.16. The minimum absolute atomic E-state index is 0.126. The fourth-order valence-electron chi connectivity index (χ4n) is 3.01. The second-order valence-electron chi connectivity index (χ2n) is 6.53. The van der Waals surface area contributed by atoms with Crippen LogP contribution in [0.4, 0.5) is 0 Å². The second kappa shape index (κ2) is 7.09. The van der Waals surface area contributed by atoms with Crippen molar-refractivity contribution >= 4 is 10.0 Å². The van der Waals surface area contributed by atoms with E-state index in [0.29, 0.717) is 0 Å². The highest BCUT2D eigenvalue weighted by atomic mass is 32.2. The summed E-state index contributed by atoms with van der Waals surface area (Å²) >= 11 is 0. The third kappa shape index (κ3) is 3.99. The first-order chi connectivity index (χ1) is 11.9. The minimum atomic E-state index is -3.59. The molecule has 0 saturated carbocycles. The fourth-order valence-corrected chi connectivity index (χ4v) is 4.12. The van der Waals surface area contributed by atoms with Crippen LogP contribution in [0, 0.1) is 13.8 Å². The van der Waals surface area contributed by atoms with Crippen LogP contribution in [0.15, 0.2) is 34.0 Å². The van der Waals surface area contributed by atoms with Gasteiger partial charge in [0.1, 0.15) is 0 Å². The summed E-state index contributed by atoms with van der Waals surface area (Å²) in [5.41, 5.74) is 3.79. The van der Waals surface area contributed by atoms with E-state index in [4.69, 9.17) is 0 Å². The summed E-state index contributed by atoms with van der Waals surface area (Å²) in [5, 5.41) is 4.40. The summed E-state index contributed by atoms with van der Waals surface area (Å²) in [7, 11) is -3.59. The Kier molecular flexibility index (Phi) is 5.06. The molecule has 0 aliphatic heterocycles. The molecule has 1 aromatic carbocycles. The molecule has 0 unspecified atom stereocenters. The smallest absolute Gasteiger partial charge is 0.267 e. The van der Waals surface area contributed by atoms with Crippen LogP contribution in [-0.4, -0.2) is 24.7 Å². The predicted octanol–water partition coefficient (Wildman–Crippen LogP) is 1.72. The van der Waals surface area contributed by atoms with E-state index in [9.17, 15) is 13.2 Å². The van der Waals surface area contributed by atoms with Crippen LogP contribution >= 0.6 is 0 Å².